The summed E-state index contributed by atoms with van der Waals surface area (Å²) in [6, 6.07) is 1.61. The molecule has 0 radical (unpaired) electrons. The summed E-state index contributed by atoms with van der Waals surface area (Å²) in [6.07, 6.45) is 2.63. The third-order valence-electron chi connectivity index (χ3n) is 3.17. The van der Waals surface area contributed by atoms with Gasteiger partial charge in [-0.3, -0.25) is 4.79 Å². The van der Waals surface area contributed by atoms with Crippen LogP contribution in [0.15, 0.2) is 10.9 Å². The maximum absolute atomic E-state index is 11.6. The van der Waals surface area contributed by atoms with Crippen molar-refractivity contribution in [1.29, 1.82) is 0 Å². The number of nitrogens with zero attached hydrogens (tertiary/aromatic N) is 2. The van der Waals surface area contributed by atoms with Crippen molar-refractivity contribution in [1.82, 2.24) is 9.97 Å². The molecular formula is C13H21N3O. The first-order chi connectivity index (χ1) is 8.10. The molecular weight excluding hydrogens is 214 g/mol. The fourth-order valence-corrected chi connectivity index (χ4v) is 1.90. The monoisotopic (exact) mass is 235 g/mol. The van der Waals surface area contributed by atoms with Gasteiger partial charge < -0.3 is 9.88 Å². The lowest BCUT2D eigenvalue weighted by Gasteiger charge is -2.22. The van der Waals surface area contributed by atoms with Gasteiger partial charge in [-0.2, -0.15) is 0 Å². The lowest BCUT2D eigenvalue weighted by molar-refractivity contribution is 0.709. The standard InChI is InChI=1S/C13H21N3O/c1-4-16(8-10-5-6-10)11-7-12(17)15-13(14-11)9(2)3/h7,9-10H,4-6,8H2,1-3H3,(H,14,15,17). The van der Waals surface area contributed by atoms with Gasteiger partial charge in [0.25, 0.3) is 5.56 Å². The molecule has 1 aliphatic rings. The highest BCUT2D eigenvalue weighted by atomic mass is 16.1. The van der Waals surface area contributed by atoms with Crippen molar-refractivity contribution in [2.45, 2.75) is 39.5 Å². The molecule has 0 unspecified atom stereocenters. The molecule has 1 N–H and O–H groups in total. The summed E-state index contributed by atoms with van der Waals surface area (Å²) in [5.74, 6) is 2.66. The SMILES string of the molecule is CCN(CC1CC1)c1cc(=O)[nH]c(C(C)C)n1. The van der Waals surface area contributed by atoms with E-state index in [9.17, 15) is 4.79 Å². The van der Waals surface area contributed by atoms with Gasteiger partial charge in [0.2, 0.25) is 0 Å². The summed E-state index contributed by atoms with van der Waals surface area (Å²) < 4.78 is 0. The van der Waals surface area contributed by atoms with E-state index in [1.54, 1.807) is 6.07 Å². The van der Waals surface area contributed by atoms with Gasteiger partial charge in [-0.05, 0) is 25.7 Å². The van der Waals surface area contributed by atoms with Gasteiger partial charge in [-0.25, -0.2) is 4.98 Å². The van der Waals surface area contributed by atoms with E-state index in [4.69, 9.17) is 0 Å². The van der Waals surface area contributed by atoms with Crippen LogP contribution in [-0.2, 0) is 0 Å². The van der Waals surface area contributed by atoms with Gasteiger partial charge >= 0.3 is 0 Å². The van der Waals surface area contributed by atoms with Crippen molar-refractivity contribution in [2.75, 3.05) is 18.0 Å². The molecule has 4 heteroatoms. The van der Waals surface area contributed by atoms with Crippen LogP contribution in [-0.4, -0.2) is 23.1 Å². The Kier molecular flexibility index (Phi) is 3.50. The predicted octanol–water partition coefficient (Wildman–Crippen LogP) is 2.13. The molecule has 1 aromatic rings. The molecule has 0 aromatic carbocycles. The molecule has 0 aliphatic heterocycles. The zero-order valence-electron chi connectivity index (χ0n) is 10.9. The van der Waals surface area contributed by atoms with Crippen molar-refractivity contribution in [3.05, 3.63) is 22.2 Å². The van der Waals surface area contributed by atoms with E-state index in [1.807, 2.05) is 13.8 Å². The highest BCUT2D eigenvalue weighted by Gasteiger charge is 2.24. The van der Waals surface area contributed by atoms with Gasteiger partial charge in [0, 0.05) is 25.1 Å². The zero-order valence-corrected chi connectivity index (χ0v) is 10.9. The van der Waals surface area contributed by atoms with E-state index < -0.39 is 0 Å². The topological polar surface area (TPSA) is 49.0 Å². The third-order valence-corrected chi connectivity index (χ3v) is 3.17. The molecule has 1 heterocycles. The minimum atomic E-state index is -0.0482. The molecule has 1 fully saturated rings. The molecule has 4 nitrogen and oxygen atoms in total. The van der Waals surface area contributed by atoms with E-state index in [-0.39, 0.29) is 11.5 Å². The second kappa shape index (κ2) is 4.90. The summed E-state index contributed by atoms with van der Waals surface area (Å²) >= 11 is 0. The maximum atomic E-state index is 11.6. The first kappa shape index (κ1) is 12.1. The third kappa shape index (κ3) is 3.08. The van der Waals surface area contributed by atoms with Crippen LogP contribution in [0.4, 0.5) is 5.82 Å². The lowest BCUT2D eigenvalue weighted by atomic mass is 10.2. The van der Waals surface area contributed by atoms with Crippen molar-refractivity contribution in [3.8, 4) is 0 Å². The number of rotatable bonds is 5. The lowest BCUT2D eigenvalue weighted by Crippen LogP contribution is -2.28. The maximum Gasteiger partial charge on any atom is 0.252 e. The van der Waals surface area contributed by atoms with Crippen molar-refractivity contribution in [2.24, 2.45) is 5.92 Å². The van der Waals surface area contributed by atoms with Crippen LogP contribution in [0.1, 0.15) is 45.4 Å². The number of hydrogen-bond donors (Lipinski definition) is 1. The summed E-state index contributed by atoms with van der Waals surface area (Å²) in [6.45, 7) is 8.13. The Morgan fingerprint density at radius 2 is 2.24 bits per heavy atom. The second-order valence-electron chi connectivity index (χ2n) is 5.13. The van der Waals surface area contributed by atoms with E-state index in [0.29, 0.717) is 0 Å². The Labute approximate surface area is 102 Å². The number of aromatic nitrogens is 2. The number of nitrogens with one attached hydrogen (secondary N) is 1. The van der Waals surface area contributed by atoms with Gasteiger partial charge in [-0.15, -0.1) is 0 Å². The van der Waals surface area contributed by atoms with Crippen LogP contribution in [0, 0.1) is 5.92 Å². The van der Waals surface area contributed by atoms with Crippen LogP contribution in [0.5, 0.6) is 0 Å². The van der Waals surface area contributed by atoms with Gasteiger partial charge in [-0.1, -0.05) is 13.8 Å². The largest absolute Gasteiger partial charge is 0.356 e. The Hall–Kier alpha value is -1.32. The summed E-state index contributed by atoms with van der Waals surface area (Å²) in [5, 5.41) is 0. The van der Waals surface area contributed by atoms with Gasteiger partial charge in [0.05, 0.1) is 0 Å². The van der Waals surface area contributed by atoms with Crippen molar-refractivity contribution >= 4 is 5.82 Å². The summed E-state index contributed by atoms with van der Waals surface area (Å²) in [5.41, 5.74) is -0.0482. The molecule has 0 atom stereocenters. The Morgan fingerprint density at radius 1 is 1.53 bits per heavy atom. The van der Waals surface area contributed by atoms with E-state index >= 15 is 0 Å². The molecule has 1 aliphatic carbocycles. The molecule has 94 valence electrons. The highest BCUT2D eigenvalue weighted by Crippen LogP contribution is 2.30. The number of hydrogen-bond acceptors (Lipinski definition) is 3. The van der Waals surface area contributed by atoms with E-state index in [0.717, 1.165) is 30.6 Å². The van der Waals surface area contributed by atoms with Crippen molar-refractivity contribution < 1.29 is 0 Å². The van der Waals surface area contributed by atoms with Crippen molar-refractivity contribution in [3.63, 3.8) is 0 Å². The fraction of sp³-hybridized carbons (Fsp3) is 0.692. The van der Waals surface area contributed by atoms with Gasteiger partial charge in [0.1, 0.15) is 11.6 Å². The summed E-state index contributed by atoms with van der Waals surface area (Å²) in [4.78, 5) is 21.2. The predicted molar refractivity (Wildman–Crippen MR) is 69.6 cm³/mol. The van der Waals surface area contributed by atoms with Crippen LogP contribution < -0.4 is 10.5 Å². The molecule has 1 aromatic heterocycles. The quantitative estimate of drug-likeness (QED) is 0.850. The minimum absolute atomic E-state index is 0.0482. The molecule has 0 spiro atoms. The average molecular weight is 235 g/mol. The van der Waals surface area contributed by atoms with E-state index in [2.05, 4.69) is 21.8 Å². The number of H-pyrrole nitrogens is 1. The fourth-order valence-electron chi connectivity index (χ4n) is 1.90. The molecule has 0 saturated heterocycles. The smallest absolute Gasteiger partial charge is 0.252 e. The van der Waals surface area contributed by atoms with Crippen LogP contribution in [0.2, 0.25) is 0 Å². The zero-order chi connectivity index (χ0) is 12.4. The first-order valence-electron chi connectivity index (χ1n) is 6.46. The Morgan fingerprint density at radius 3 is 2.76 bits per heavy atom. The number of anilines is 1. The molecule has 0 bridgehead atoms. The normalized spacial score (nSPS) is 15.3. The van der Waals surface area contributed by atoms with E-state index in [1.165, 1.54) is 12.8 Å². The molecule has 2 rings (SSSR count). The van der Waals surface area contributed by atoms with Crippen LogP contribution >= 0.6 is 0 Å². The molecule has 17 heavy (non-hydrogen) atoms. The Bertz CT molecular complexity index is 435. The second-order valence-corrected chi connectivity index (χ2v) is 5.13. The van der Waals surface area contributed by atoms with Crippen LogP contribution in [0.25, 0.3) is 0 Å². The molecule has 1 saturated carbocycles. The Balaban J connectivity index is 2.25. The average Bonchev–Trinajstić information content (AvgIpc) is 3.08. The van der Waals surface area contributed by atoms with Gasteiger partial charge in [0.15, 0.2) is 0 Å². The first-order valence-corrected chi connectivity index (χ1v) is 6.46. The summed E-state index contributed by atoms with van der Waals surface area (Å²) in [7, 11) is 0. The number of aromatic amines is 1. The highest BCUT2D eigenvalue weighted by molar-refractivity contribution is 5.37. The van der Waals surface area contributed by atoms with Crippen LogP contribution in [0.3, 0.4) is 0 Å². The minimum Gasteiger partial charge on any atom is -0.356 e. The molecule has 0 amide bonds.